The van der Waals surface area contributed by atoms with Gasteiger partial charge >= 0.3 is 0 Å². The van der Waals surface area contributed by atoms with Gasteiger partial charge in [-0.3, -0.25) is 9.20 Å². The first-order valence-corrected chi connectivity index (χ1v) is 9.89. The molecule has 0 fully saturated rings. The van der Waals surface area contributed by atoms with Gasteiger partial charge in [-0.25, -0.2) is 24.3 Å². The monoisotopic (exact) mass is 446 g/mol. The number of rotatable bonds is 4. The Balaban J connectivity index is 1.47. The van der Waals surface area contributed by atoms with Crippen LogP contribution in [-0.2, 0) is 0 Å². The summed E-state index contributed by atoms with van der Waals surface area (Å²) in [6.45, 7) is 3.32. The summed E-state index contributed by atoms with van der Waals surface area (Å²) in [4.78, 5) is 28.9. The lowest BCUT2D eigenvalue weighted by Gasteiger charge is -2.06. The standard InChI is InChI=1S/C23H16F2N6O2/c1-12-21(33-13(2)28-12)22(32)29-16-4-5-18(24)17(7-16)19-11-31-10-15(9-27-23(31)30-19)14-3-6-20(25)26-8-14/h3-11H,1-2H3,(H,29,32). The predicted octanol–water partition coefficient (Wildman–Crippen LogP) is 4.59. The Morgan fingerprint density at radius 1 is 1.00 bits per heavy atom. The number of nitrogens with zero attached hydrogens (tertiary/aromatic N) is 5. The first kappa shape index (κ1) is 20.4. The van der Waals surface area contributed by atoms with Crippen molar-refractivity contribution in [3.63, 3.8) is 0 Å². The average molecular weight is 446 g/mol. The number of halogens is 2. The van der Waals surface area contributed by atoms with Gasteiger partial charge in [0.25, 0.3) is 5.91 Å². The summed E-state index contributed by atoms with van der Waals surface area (Å²) in [5.74, 6) is -0.742. The number of amides is 1. The fourth-order valence-corrected chi connectivity index (χ4v) is 3.44. The highest BCUT2D eigenvalue weighted by Crippen LogP contribution is 2.27. The van der Waals surface area contributed by atoms with Gasteiger partial charge in [-0.1, -0.05) is 0 Å². The molecular formula is C23H16F2N6O2. The van der Waals surface area contributed by atoms with E-state index in [2.05, 4.69) is 25.3 Å². The minimum atomic E-state index is -0.575. The topological polar surface area (TPSA) is 98.2 Å². The minimum Gasteiger partial charge on any atom is -0.436 e. The van der Waals surface area contributed by atoms with Crippen LogP contribution in [0.3, 0.4) is 0 Å². The number of hydrogen-bond donors (Lipinski definition) is 1. The minimum absolute atomic E-state index is 0.0955. The quantitative estimate of drug-likeness (QED) is 0.406. The Labute approximate surface area is 186 Å². The summed E-state index contributed by atoms with van der Waals surface area (Å²) in [5, 5.41) is 2.69. The summed E-state index contributed by atoms with van der Waals surface area (Å²) in [6.07, 6.45) is 6.35. The van der Waals surface area contributed by atoms with Gasteiger partial charge in [0.15, 0.2) is 5.89 Å². The number of imidazole rings is 1. The Morgan fingerprint density at radius 3 is 2.55 bits per heavy atom. The third-order valence-electron chi connectivity index (χ3n) is 4.98. The lowest BCUT2D eigenvalue weighted by molar-refractivity contribution is 0.0994. The largest absolute Gasteiger partial charge is 0.436 e. The lowest BCUT2D eigenvalue weighted by Crippen LogP contribution is -2.12. The Bertz CT molecular complexity index is 1510. The van der Waals surface area contributed by atoms with Gasteiger partial charge < -0.3 is 9.73 Å². The lowest BCUT2D eigenvalue weighted by atomic mass is 10.1. The van der Waals surface area contributed by atoms with Crippen molar-refractivity contribution in [1.82, 2.24) is 24.3 Å². The molecule has 0 atom stereocenters. The van der Waals surface area contributed by atoms with Crippen molar-refractivity contribution < 1.29 is 18.0 Å². The van der Waals surface area contributed by atoms with Gasteiger partial charge in [-0.2, -0.15) is 4.39 Å². The number of anilines is 1. The van der Waals surface area contributed by atoms with Crippen LogP contribution in [0.15, 0.2) is 59.5 Å². The van der Waals surface area contributed by atoms with Crippen molar-refractivity contribution in [1.29, 1.82) is 0 Å². The van der Waals surface area contributed by atoms with E-state index in [1.165, 1.54) is 30.5 Å². The zero-order chi connectivity index (χ0) is 23.1. The number of carbonyl (C=O) groups excluding carboxylic acids is 1. The molecule has 0 saturated carbocycles. The van der Waals surface area contributed by atoms with E-state index in [9.17, 15) is 13.6 Å². The molecule has 1 aromatic carbocycles. The summed E-state index contributed by atoms with van der Waals surface area (Å²) >= 11 is 0. The number of hydrogen-bond acceptors (Lipinski definition) is 6. The first-order valence-electron chi connectivity index (χ1n) is 9.89. The van der Waals surface area contributed by atoms with Gasteiger partial charge in [-0.05, 0) is 37.3 Å². The maximum absolute atomic E-state index is 14.6. The van der Waals surface area contributed by atoms with Gasteiger partial charge in [0.1, 0.15) is 5.82 Å². The highest BCUT2D eigenvalue weighted by atomic mass is 19.1. The molecule has 10 heteroatoms. The number of oxazole rings is 1. The number of carbonyl (C=O) groups is 1. The maximum atomic E-state index is 14.6. The predicted molar refractivity (Wildman–Crippen MR) is 116 cm³/mol. The van der Waals surface area contributed by atoms with Crippen molar-refractivity contribution in [3.8, 4) is 22.4 Å². The van der Waals surface area contributed by atoms with Crippen molar-refractivity contribution in [3.05, 3.63) is 84.2 Å². The fourth-order valence-electron chi connectivity index (χ4n) is 3.44. The second-order valence-electron chi connectivity index (χ2n) is 7.34. The zero-order valence-electron chi connectivity index (χ0n) is 17.5. The molecule has 164 valence electrons. The Morgan fingerprint density at radius 2 is 1.82 bits per heavy atom. The van der Waals surface area contributed by atoms with E-state index < -0.39 is 17.7 Å². The molecule has 0 aliphatic carbocycles. The van der Waals surface area contributed by atoms with Gasteiger partial charge in [0.2, 0.25) is 17.5 Å². The van der Waals surface area contributed by atoms with Gasteiger partial charge in [-0.15, -0.1) is 0 Å². The number of aryl methyl sites for hydroxylation is 2. The summed E-state index contributed by atoms with van der Waals surface area (Å²) in [5.41, 5.74) is 2.72. The number of nitrogens with one attached hydrogen (secondary N) is 1. The normalized spacial score (nSPS) is 11.2. The van der Waals surface area contributed by atoms with Crippen molar-refractivity contribution in [2.45, 2.75) is 13.8 Å². The number of fused-ring (bicyclic) bond motifs is 1. The van der Waals surface area contributed by atoms with E-state index in [1.54, 1.807) is 42.9 Å². The Hall–Kier alpha value is -4.47. The van der Waals surface area contributed by atoms with Crippen LogP contribution in [0.1, 0.15) is 22.1 Å². The highest BCUT2D eigenvalue weighted by Gasteiger charge is 2.18. The average Bonchev–Trinajstić information content (AvgIpc) is 3.37. The van der Waals surface area contributed by atoms with E-state index in [0.29, 0.717) is 39.9 Å². The number of pyridine rings is 1. The van der Waals surface area contributed by atoms with Crippen LogP contribution in [0, 0.1) is 25.6 Å². The van der Waals surface area contributed by atoms with Crippen LogP contribution < -0.4 is 5.32 Å². The molecule has 0 bridgehead atoms. The smallest absolute Gasteiger partial charge is 0.293 e. The maximum Gasteiger partial charge on any atom is 0.293 e. The number of aromatic nitrogens is 5. The molecule has 0 unspecified atom stereocenters. The van der Waals surface area contributed by atoms with Crippen LogP contribution in [0.25, 0.3) is 28.2 Å². The first-order chi connectivity index (χ1) is 15.9. The van der Waals surface area contributed by atoms with Crippen LogP contribution in [0.5, 0.6) is 0 Å². The van der Waals surface area contributed by atoms with E-state index in [0.717, 1.165) is 0 Å². The molecule has 0 saturated heterocycles. The highest BCUT2D eigenvalue weighted by molar-refractivity contribution is 6.03. The second kappa shape index (κ2) is 7.90. The molecule has 4 aromatic heterocycles. The summed E-state index contributed by atoms with van der Waals surface area (Å²) in [6, 6.07) is 7.03. The second-order valence-corrected chi connectivity index (χ2v) is 7.34. The third kappa shape index (κ3) is 3.93. The summed E-state index contributed by atoms with van der Waals surface area (Å²) in [7, 11) is 0. The fraction of sp³-hybridized carbons (Fsp3) is 0.0870. The zero-order valence-corrected chi connectivity index (χ0v) is 17.5. The molecule has 0 spiro atoms. The molecule has 5 aromatic rings. The molecule has 33 heavy (non-hydrogen) atoms. The van der Waals surface area contributed by atoms with E-state index >= 15 is 0 Å². The van der Waals surface area contributed by atoms with Crippen LogP contribution in [0.4, 0.5) is 14.5 Å². The van der Waals surface area contributed by atoms with Crippen molar-refractivity contribution in [2.75, 3.05) is 5.32 Å². The molecule has 0 radical (unpaired) electrons. The van der Waals surface area contributed by atoms with Crippen LogP contribution in [0.2, 0.25) is 0 Å². The molecule has 0 aliphatic rings. The van der Waals surface area contributed by atoms with Crippen LogP contribution in [-0.4, -0.2) is 30.2 Å². The molecule has 0 aliphatic heterocycles. The van der Waals surface area contributed by atoms with Crippen molar-refractivity contribution >= 4 is 17.4 Å². The molecule has 5 rings (SSSR count). The molecule has 4 heterocycles. The van der Waals surface area contributed by atoms with Gasteiger partial charge in [0.05, 0.1) is 11.4 Å². The Kier molecular flexibility index (Phi) is 4.89. The third-order valence-corrected chi connectivity index (χ3v) is 4.98. The molecule has 8 nitrogen and oxygen atoms in total. The molecule has 1 amide bonds. The SMILES string of the molecule is Cc1nc(C)c(C(=O)Nc2ccc(F)c(-c3cn4cc(-c5ccc(F)nc5)cnc4n3)c2)o1. The van der Waals surface area contributed by atoms with E-state index in [1.807, 2.05) is 0 Å². The molecule has 1 N–H and O–H groups in total. The molecular weight excluding hydrogens is 430 g/mol. The van der Waals surface area contributed by atoms with Crippen LogP contribution >= 0.6 is 0 Å². The van der Waals surface area contributed by atoms with Gasteiger partial charge in [0, 0.05) is 54.1 Å². The number of benzene rings is 1. The van der Waals surface area contributed by atoms with E-state index in [-0.39, 0.29) is 11.3 Å². The summed E-state index contributed by atoms with van der Waals surface area (Å²) < 4.78 is 34.7. The van der Waals surface area contributed by atoms with E-state index in [4.69, 9.17) is 4.42 Å². The van der Waals surface area contributed by atoms with Crippen molar-refractivity contribution in [2.24, 2.45) is 0 Å².